The Morgan fingerprint density at radius 2 is 1.80 bits per heavy atom. The van der Waals surface area contributed by atoms with Gasteiger partial charge in [-0.15, -0.1) is 0 Å². The molecule has 0 bridgehead atoms. The minimum absolute atomic E-state index is 0.335. The van der Waals surface area contributed by atoms with Gasteiger partial charge in [0.1, 0.15) is 6.61 Å². The van der Waals surface area contributed by atoms with Gasteiger partial charge in [0.15, 0.2) is 16.6 Å². The first kappa shape index (κ1) is 21.9. The summed E-state index contributed by atoms with van der Waals surface area (Å²) in [7, 11) is 1.58. The lowest BCUT2D eigenvalue weighted by molar-refractivity contribution is 0.284. The Bertz CT molecular complexity index is 1050. The Kier molecular flexibility index (Phi) is 7.90. The van der Waals surface area contributed by atoms with Gasteiger partial charge in [0, 0.05) is 5.69 Å². The molecule has 2 N–H and O–H groups in total. The van der Waals surface area contributed by atoms with Gasteiger partial charge in [-0.3, -0.25) is 5.43 Å². The fourth-order valence-electron chi connectivity index (χ4n) is 2.52. The molecule has 3 aromatic carbocycles. The van der Waals surface area contributed by atoms with Crippen molar-refractivity contribution in [2.75, 3.05) is 12.4 Å². The summed E-state index contributed by atoms with van der Waals surface area (Å²) in [5.74, 6) is 1.19. The van der Waals surface area contributed by atoms with E-state index in [1.54, 1.807) is 25.5 Å². The summed E-state index contributed by atoms with van der Waals surface area (Å²) >= 11 is 17.2. The normalized spacial score (nSPS) is 10.6. The van der Waals surface area contributed by atoms with Crippen molar-refractivity contribution in [3.05, 3.63) is 87.9 Å². The molecule has 0 atom stereocenters. The van der Waals surface area contributed by atoms with E-state index in [4.69, 9.17) is 44.9 Å². The van der Waals surface area contributed by atoms with E-state index in [1.807, 2.05) is 54.6 Å². The predicted octanol–water partition coefficient (Wildman–Crippen LogP) is 5.90. The zero-order valence-electron chi connectivity index (χ0n) is 16.1. The second kappa shape index (κ2) is 10.8. The minimum Gasteiger partial charge on any atom is -0.493 e. The molecule has 0 amide bonds. The molecule has 0 aromatic heterocycles. The number of benzene rings is 3. The van der Waals surface area contributed by atoms with Crippen LogP contribution in [0.1, 0.15) is 11.1 Å². The van der Waals surface area contributed by atoms with Crippen LogP contribution in [0.15, 0.2) is 71.8 Å². The minimum atomic E-state index is 0.335. The second-order valence-corrected chi connectivity index (χ2v) is 7.36. The Hall–Kier alpha value is -2.80. The average Bonchev–Trinajstić information content (AvgIpc) is 2.75. The molecule has 0 saturated carbocycles. The number of thiocarbonyl (C=S) groups is 1. The van der Waals surface area contributed by atoms with E-state index in [0.29, 0.717) is 33.3 Å². The van der Waals surface area contributed by atoms with Gasteiger partial charge < -0.3 is 14.8 Å². The molecule has 0 aliphatic rings. The van der Waals surface area contributed by atoms with E-state index in [1.165, 1.54) is 0 Å². The third-order valence-corrected chi connectivity index (χ3v) is 4.91. The van der Waals surface area contributed by atoms with E-state index < -0.39 is 0 Å². The predicted molar refractivity (Wildman–Crippen MR) is 127 cm³/mol. The van der Waals surface area contributed by atoms with Crippen LogP contribution in [0.2, 0.25) is 10.0 Å². The maximum absolute atomic E-state index is 6.04. The Labute approximate surface area is 190 Å². The molecule has 30 heavy (non-hydrogen) atoms. The van der Waals surface area contributed by atoms with E-state index >= 15 is 0 Å². The van der Waals surface area contributed by atoms with Crippen LogP contribution in [0.5, 0.6) is 11.5 Å². The summed E-state index contributed by atoms with van der Waals surface area (Å²) in [4.78, 5) is 0. The van der Waals surface area contributed by atoms with Crippen molar-refractivity contribution < 1.29 is 9.47 Å². The highest BCUT2D eigenvalue weighted by atomic mass is 35.5. The standard InChI is InChI=1S/C22H19Cl2N3O2S/c1-28-21-12-15(13-25-27-22(30)26-17-5-3-2-4-6-17)8-10-20(21)29-14-16-7-9-18(23)19(24)11-16/h2-13H,14H2,1H3,(H2,26,27,30)/b25-13-. The molecule has 0 radical (unpaired) electrons. The number of ether oxygens (including phenoxy) is 2. The van der Waals surface area contributed by atoms with Gasteiger partial charge in [0.2, 0.25) is 0 Å². The number of nitrogens with zero attached hydrogens (tertiary/aromatic N) is 1. The number of rotatable bonds is 7. The highest BCUT2D eigenvalue weighted by molar-refractivity contribution is 7.80. The van der Waals surface area contributed by atoms with E-state index in [0.717, 1.165) is 16.8 Å². The third kappa shape index (κ3) is 6.35. The van der Waals surface area contributed by atoms with Crippen molar-refractivity contribution in [3.8, 4) is 11.5 Å². The van der Waals surface area contributed by atoms with Crippen LogP contribution in [-0.2, 0) is 6.61 Å². The number of methoxy groups -OCH3 is 1. The first-order chi connectivity index (χ1) is 14.5. The van der Waals surface area contributed by atoms with Crippen LogP contribution in [0.3, 0.4) is 0 Å². The van der Waals surface area contributed by atoms with Crippen molar-refractivity contribution in [3.63, 3.8) is 0 Å². The van der Waals surface area contributed by atoms with Crippen molar-refractivity contribution in [1.82, 2.24) is 5.43 Å². The second-order valence-electron chi connectivity index (χ2n) is 6.14. The van der Waals surface area contributed by atoms with Gasteiger partial charge in [0.25, 0.3) is 0 Å². The molecular weight excluding hydrogens is 441 g/mol. The lowest BCUT2D eigenvalue weighted by Crippen LogP contribution is -2.23. The zero-order chi connectivity index (χ0) is 21.3. The molecule has 3 aromatic rings. The van der Waals surface area contributed by atoms with Crippen LogP contribution in [0.25, 0.3) is 0 Å². The van der Waals surface area contributed by atoms with Crippen LogP contribution in [-0.4, -0.2) is 18.4 Å². The van der Waals surface area contributed by atoms with Crippen molar-refractivity contribution in [1.29, 1.82) is 0 Å². The quantitative estimate of drug-likeness (QED) is 0.261. The van der Waals surface area contributed by atoms with Crippen LogP contribution < -0.4 is 20.2 Å². The average molecular weight is 460 g/mol. The van der Waals surface area contributed by atoms with Gasteiger partial charge in [-0.1, -0.05) is 47.5 Å². The first-order valence-electron chi connectivity index (χ1n) is 8.95. The SMILES string of the molecule is COc1cc(/C=N\NC(=S)Nc2ccccc2)ccc1OCc1ccc(Cl)c(Cl)c1. The monoisotopic (exact) mass is 459 g/mol. The number of hydrogen-bond acceptors (Lipinski definition) is 4. The lowest BCUT2D eigenvalue weighted by atomic mass is 10.2. The first-order valence-corrected chi connectivity index (χ1v) is 10.1. The van der Waals surface area contributed by atoms with Gasteiger partial charge in [-0.2, -0.15) is 5.10 Å². The van der Waals surface area contributed by atoms with Gasteiger partial charge in [-0.05, 0) is 65.8 Å². The molecule has 8 heteroatoms. The third-order valence-electron chi connectivity index (χ3n) is 3.98. The zero-order valence-corrected chi connectivity index (χ0v) is 18.4. The van der Waals surface area contributed by atoms with Crippen molar-refractivity contribution in [2.45, 2.75) is 6.61 Å². The highest BCUT2D eigenvalue weighted by Gasteiger charge is 2.07. The Balaban J connectivity index is 1.58. The summed E-state index contributed by atoms with van der Waals surface area (Å²) in [6.07, 6.45) is 1.64. The number of nitrogens with one attached hydrogen (secondary N) is 2. The molecule has 0 fully saturated rings. The summed E-state index contributed by atoms with van der Waals surface area (Å²) in [6.45, 7) is 0.335. The van der Waals surface area contributed by atoms with Gasteiger partial charge in [-0.25, -0.2) is 0 Å². The van der Waals surface area contributed by atoms with E-state index in [2.05, 4.69) is 15.8 Å². The highest BCUT2D eigenvalue weighted by Crippen LogP contribution is 2.29. The number of hydrogen-bond donors (Lipinski definition) is 2. The van der Waals surface area contributed by atoms with Gasteiger partial charge in [0.05, 0.1) is 23.4 Å². The Morgan fingerprint density at radius 1 is 1.00 bits per heavy atom. The molecule has 0 aliphatic heterocycles. The lowest BCUT2D eigenvalue weighted by Gasteiger charge is -2.12. The fraction of sp³-hybridized carbons (Fsp3) is 0.0909. The molecule has 5 nitrogen and oxygen atoms in total. The smallest absolute Gasteiger partial charge is 0.191 e. The number of hydrazone groups is 1. The summed E-state index contributed by atoms with van der Waals surface area (Å²) in [6, 6.07) is 20.5. The van der Waals surface area contributed by atoms with Crippen LogP contribution >= 0.6 is 35.4 Å². The molecule has 0 saturated heterocycles. The number of anilines is 1. The number of para-hydroxylation sites is 1. The van der Waals surface area contributed by atoms with Gasteiger partial charge >= 0.3 is 0 Å². The number of halogens is 2. The molecule has 0 aliphatic carbocycles. The maximum atomic E-state index is 6.04. The largest absolute Gasteiger partial charge is 0.493 e. The van der Waals surface area contributed by atoms with E-state index in [9.17, 15) is 0 Å². The molecule has 154 valence electrons. The molecule has 0 spiro atoms. The molecular formula is C22H19Cl2N3O2S. The molecule has 0 unspecified atom stereocenters. The fourth-order valence-corrected chi connectivity index (χ4v) is 3.01. The van der Waals surface area contributed by atoms with E-state index in [-0.39, 0.29) is 0 Å². The molecule has 0 heterocycles. The van der Waals surface area contributed by atoms with Crippen LogP contribution in [0.4, 0.5) is 5.69 Å². The van der Waals surface area contributed by atoms with Crippen molar-refractivity contribution >= 4 is 52.4 Å². The molecule has 3 rings (SSSR count). The summed E-state index contributed by atoms with van der Waals surface area (Å²) < 4.78 is 11.3. The van der Waals surface area contributed by atoms with Crippen LogP contribution in [0, 0.1) is 0 Å². The summed E-state index contributed by atoms with van der Waals surface area (Å²) in [5.41, 5.74) is 5.39. The summed E-state index contributed by atoms with van der Waals surface area (Å²) in [5, 5.41) is 8.59. The Morgan fingerprint density at radius 3 is 2.53 bits per heavy atom. The van der Waals surface area contributed by atoms with Crippen molar-refractivity contribution in [2.24, 2.45) is 5.10 Å². The topological polar surface area (TPSA) is 54.9 Å². The maximum Gasteiger partial charge on any atom is 0.191 e.